The number of aliphatic hydroxyl groups is 1. The minimum absolute atomic E-state index is 0.0383. The molecule has 112 valence electrons. The van der Waals surface area contributed by atoms with Gasteiger partial charge in [0, 0.05) is 26.1 Å². The summed E-state index contributed by atoms with van der Waals surface area (Å²) in [7, 11) is 1.54. The minimum atomic E-state index is -4.29. The first-order chi connectivity index (χ1) is 8.88. The van der Waals surface area contributed by atoms with Crippen LogP contribution in [0, 0.1) is 11.8 Å². The SMILES string of the molecule is CN(CCCCO)C(=O)[C@H]1CCCC[C@H]1C(F)(F)F. The average molecular weight is 281 g/mol. The summed E-state index contributed by atoms with van der Waals surface area (Å²) >= 11 is 0. The second-order valence-electron chi connectivity index (χ2n) is 5.23. The molecule has 1 fully saturated rings. The van der Waals surface area contributed by atoms with Crippen molar-refractivity contribution < 1.29 is 23.1 Å². The summed E-state index contributed by atoms with van der Waals surface area (Å²) in [6.07, 6.45) is -1.49. The van der Waals surface area contributed by atoms with Gasteiger partial charge in [0.2, 0.25) is 5.91 Å². The maximum absolute atomic E-state index is 12.9. The van der Waals surface area contributed by atoms with E-state index in [2.05, 4.69) is 0 Å². The number of unbranched alkanes of at least 4 members (excludes halogenated alkanes) is 1. The molecule has 0 spiro atoms. The third kappa shape index (κ3) is 4.67. The third-order valence-corrected chi connectivity index (χ3v) is 3.78. The van der Waals surface area contributed by atoms with Crippen LogP contribution >= 0.6 is 0 Å². The van der Waals surface area contributed by atoms with Crippen LogP contribution in [0.25, 0.3) is 0 Å². The van der Waals surface area contributed by atoms with Gasteiger partial charge >= 0.3 is 6.18 Å². The Hall–Kier alpha value is -0.780. The van der Waals surface area contributed by atoms with E-state index >= 15 is 0 Å². The second kappa shape index (κ2) is 7.12. The summed E-state index contributed by atoms with van der Waals surface area (Å²) in [4.78, 5) is 13.5. The van der Waals surface area contributed by atoms with Gasteiger partial charge in [0.05, 0.1) is 5.92 Å². The molecule has 1 aliphatic carbocycles. The second-order valence-corrected chi connectivity index (χ2v) is 5.23. The van der Waals surface area contributed by atoms with E-state index in [1.54, 1.807) is 7.05 Å². The lowest BCUT2D eigenvalue weighted by molar-refractivity contribution is -0.200. The van der Waals surface area contributed by atoms with Gasteiger partial charge in [-0.1, -0.05) is 12.8 Å². The van der Waals surface area contributed by atoms with E-state index in [9.17, 15) is 18.0 Å². The fourth-order valence-electron chi connectivity index (χ4n) is 2.67. The molecule has 19 heavy (non-hydrogen) atoms. The Kier molecular flexibility index (Phi) is 6.10. The van der Waals surface area contributed by atoms with Crippen molar-refractivity contribution in [3.63, 3.8) is 0 Å². The van der Waals surface area contributed by atoms with Crippen LogP contribution in [0.3, 0.4) is 0 Å². The van der Waals surface area contributed by atoms with Crippen molar-refractivity contribution in [1.29, 1.82) is 0 Å². The average Bonchev–Trinajstić information content (AvgIpc) is 2.37. The molecule has 3 nitrogen and oxygen atoms in total. The number of rotatable bonds is 5. The summed E-state index contributed by atoms with van der Waals surface area (Å²) in [5.41, 5.74) is 0. The van der Waals surface area contributed by atoms with E-state index in [1.807, 2.05) is 0 Å². The minimum Gasteiger partial charge on any atom is -0.396 e. The van der Waals surface area contributed by atoms with E-state index in [-0.39, 0.29) is 13.0 Å². The van der Waals surface area contributed by atoms with Crippen LogP contribution in [0.2, 0.25) is 0 Å². The number of aliphatic hydroxyl groups excluding tert-OH is 1. The molecule has 0 bridgehead atoms. The fourth-order valence-corrected chi connectivity index (χ4v) is 2.67. The first kappa shape index (κ1) is 16.3. The molecule has 0 radical (unpaired) electrons. The predicted octanol–water partition coefficient (Wildman–Crippen LogP) is 2.59. The molecule has 1 amide bonds. The molecular formula is C13H22F3NO2. The van der Waals surface area contributed by atoms with Crippen molar-refractivity contribution in [2.45, 2.75) is 44.7 Å². The van der Waals surface area contributed by atoms with Crippen molar-refractivity contribution in [1.82, 2.24) is 4.90 Å². The van der Waals surface area contributed by atoms with Gasteiger partial charge in [0.25, 0.3) is 0 Å². The van der Waals surface area contributed by atoms with Gasteiger partial charge in [-0.3, -0.25) is 4.79 Å². The highest BCUT2D eigenvalue weighted by Crippen LogP contribution is 2.42. The number of nitrogens with zero attached hydrogens (tertiary/aromatic N) is 1. The number of alkyl halides is 3. The number of amides is 1. The van der Waals surface area contributed by atoms with Gasteiger partial charge in [-0.2, -0.15) is 13.2 Å². The number of hydrogen-bond acceptors (Lipinski definition) is 2. The largest absolute Gasteiger partial charge is 0.396 e. The topological polar surface area (TPSA) is 40.5 Å². The first-order valence-electron chi connectivity index (χ1n) is 6.80. The lowest BCUT2D eigenvalue weighted by atomic mass is 9.78. The van der Waals surface area contributed by atoms with Crippen molar-refractivity contribution in [2.75, 3.05) is 20.2 Å². The van der Waals surface area contributed by atoms with E-state index in [0.717, 1.165) is 0 Å². The lowest BCUT2D eigenvalue weighted by Gasteiger charge is -2.34. The van der Waals surface area contributed by atoms with Crippen LogP contribution in [0.15, 0.2) is 0 Å². The Balaban J connectivity index is 2.61. The molecule has 0 unspecified atom stereocenters. The maximum Gasteiger partial charge on any atom is 0.392 e. The molecule has 0 aromatic rings. The Morgan fingerprint density at radius 3 is 2.47 bits per heavy atom. The molecule has 0 aromatic carbocycles. The maximum atomic E-state index is 12.9. The van der Waals surface area contributed by atoms with Gasteiger partial charge in [0.15, 0.2) is 0 Å². The van der Waals surface area contributed by atoms with Crippen LogP contribution in [0.4, 0.5) is 13.2 Å². The molecular weight excluding hydrogens is 259 g/mol. The molecule has 1 saturated carbocycles. The van der Waals surface area contributed by atoms with Crippen molar-refractivity contribution in [3.05, 3.63) is 0 Å². The van der Waals surface area contributed by atoms with Gasteiger partial charge in [-0.05, 0) is 25.7 Å². The van der Waals surface area contributed by atoms with Crippen molar-refractivity contribution in [2.24, 2.45) is 11.8 Å². The quantitative estimate of drug-likeness (QED) is 0.787. The van der Waals surface area contributed by atoms with Gasteiger partial charge in [0.1, 0.15) is 0 Å². The smallest absolute Gasteiger partial charge is 0.392 e. The Morgan fingerprint density at radius 2 is 1.89 bits per heavy atom. The van der Waals surface area contributed by atoms with Gasteiger partial charge < -0.3 is 10.0 Å². The van der Waals surface area contributed by atoms with Gasteiger partial charge in [-0.25, -0.2) is 0 Å². The summed E-state index contributed by atoms with van der Waals surface area (Å²) in [5, 5.41) is 8.66. The zero-order chi connectivity index (χ0) is 14.5. The van der Waals surface area contributed by atoms with Crippen LogP contribution in [-0.4, -0.2) is 42.3 Å². The normalized spacial score (nSPS) is 24.3. The molecule has 0 aromatic heterocycles. The zero-order valence-electron chi connectivity index (χ0n) is 11.2. The molecule has 1 aliphatic rings. The number of halogens is 3. The lowest BCUT2D eigenvalue weighted by Crippen LogP contribution is -2.43. The number of carbonyl (C=O) groups is 1. The third-order valence-electron chi connectivity index (χ3n) is 3.78. The molecule has 0 saturated heterocycles. The zero-order valence-corrected chi connectivity index (χ0v) is 11.2. The Bertz CT molecular complexity index is 294. The molecule has 1 N–H and O–H groups in total. The first-order valence-corrected chi connectivity index (χ1v) is 6.80. The highest BCUT2D eigenvalue weighted by atomic mass is 19.4. The van der Waals surface area contributed by atoms with Crippen molar-refractivity contribution >= 4 is 5.91 Å². The van der Waals surface area contributed by atoms with Crippen LogP contribution < -0.4 is 0 Å². The summed E-state index contributed by atoms with van der Waals surface area (Å²) < 4.78 is 38.8. The highest BCUT2D eigenvalue weighted by molar-refractivity contribution is 5.79. The standard InChI is InChI=1S/C13H22F3NO2/c1-17(8-4-5-9-18)12(19)10-6-2-3-7-11(10)13(14,15)16/h10-11,18H,2-9H2,1H3/t10-,11+/m0/s1. The summed E-state index contributed by atoms with van der Waals surface area (Å²) in [6.45, 7) is 0.442. The monoisotopic (exact) mass is 281 g/mol. The number of carbonyl (C=O) groups excluding carboxylic acids is 1. The number of hydrogen-bond donors (Lipinski definition) is 1. The van der Waals surface area contributed by atoms with E-state index in [1.165, 1.54) is 4.90 Å². The summed E-state index contributed by atoms with van der Waals surface area (Å²) in [5.74, 6) is -2.82. The van der Waals surface area contributed by atoms with E-state index in [0.29, 0.717) is 38.6 Å². The van der Waals surface area contributed by atoms with Crippen LogP contribution in [0.1, 0.15) is 38.5 Å². The van der Waals surface area contributed by atoms with E-state index in [4.69, 9.17) is 5.11 Å². The molecule has 1 rings (SSSR count). The molecule has 0 aliphatic heterocycles. The molecule has 6 heteroatoms. The van der Waals surface area contributed by atoms with Crippen LogP contribution in [0.5, 0.6) is 0 Å². The summed E-state index contributed by atoms with van der Waals surface area (Å²) in [6, 6.07) is 0. The van der Waals surface area contributed by atoms with Gasteiger partial charge in [-0.15, -0.1) is 0 Å². The molecule has 2 atom stereocenters. The van der Waals surface area contributed by atoms with E-state index < -0.39 is 23.9 Å². The van der Waals surface area contributed by atoms with Crippen LogP contribution in [-0.2, 0) is 4.79 Å². The predicted molar refractivity (Wildman–Crippen MR) is 65.5 cm³/mol. The Labute approximate surface area is 111 Å². The molecule has 0 heterocycles. The van der Waals surface area contributed by atoms with Crippen molar-refractivity contribution in [3.8, 4) is 0 Å². The Morgan fingerprint density at radius 1 is 1.26 bits per heavy atom. The fraction of sp³-hybridized carbons (Fsp3) is 0.923. The highest BCUT2D eigenvalue weighted by Gasteiger charge is 2.48.